The highest BCUT2D eigenvalue weighted by Gasteiger charge is 2.16. The highest BCUT2D eigenvalue weighted by Crippen LogP contribution is 2.12. The minimum atomic E-state index is -0.424. The van der Waals surface area contributed by atoms with E-state index in [9.17, 15) is 9.59 Å². The van der Waals surface area contributed by atoms with E-state index in [-0.39, 0.29) is 11.6 Å². The molecule has 1 fully saturated rings. The van der Waals surface area contributed by atoms with Gasteiger partial charge < -0.3 is 15.0 Å². The molecule has 2 aromatic rings. The molecule has 1 aliphatic rings. The Morgan fingerprint density at radius 2 is 1.61 bits per heavy atom. The highest BCUT2D eigenvalue weighted by molar-refractivity contribution is 5.95. The minimum absolute atomic E-state index is 0.267. The van der Waals surface area contributed by atoms with Gasteiger partial charge in [-0.3, -0.25) is 9.69 Å². The fourth-order valence-corrected chi connectivity index (χ4v) is 3.67. The van der Waals surface area contributed by atoms with Gasteiger partial charge in [-0.1, -0.05) is 31.2 Å². The van der Waals surface area contributed by atoms with Gasteiger partial charge in [-0.25, -0.2) is 9.78 Å². The number of rotatable bonds is 8. The molecule has 1 saturated heterocycles. The molecule has 0 atom stereocenters. The number of amides is 1. The molecule has 0 aliphatic carbocycles. The maximum atomic E-state index is 12.5. The molecule has 166 valence electrons. The monoisotopic (exact) mass is 424 g/mol. The van der Waals surface area contributed by atoms with Gasteiger partial charge in [0.2, 0.25) is 0 Å². The number of hydrogen-bond acceptors (Lipinski definition) is 6. The van der Waals surface area contributed by atoms with Crippen molar-refractivity contribution < 1.29 is 14.3 Å². The number of carbonyl (C=O) groups excluding carboxylic acids is 2. The van der Waals surface area contributed by atoms with Crippen LogP contribution in [0.25, 0.3) is 0 Å². The van der Waals surface area contributed by atoms with Crippen molar-refractivity contribution >= 4 is 11.9 Å². The van der Waals surface area contributed by atoms with Crippen LogP contribution in [0.5, 0.6) is 0 Å². The first kappa shape index (κ1) is 22.9. The van der Waals surface area contributed by atoms with Gasteiger partial charge in [-0.2, -0.15) is 0 Å². The molecular weight excluding hydrogens is 392 g/mol. The number of nitrogens with one attached hydrogen (secondary N) is 1. The number of ether oxygens (including phenoxy) is 1. The van der Waals surface area contributed by atoms with Gasteiger partial charge in [0.1, 0.15) is 5.69 Å². The lowest BCUT2D eigenvalue weighted by atomic mass is 10.1. The van der Waals surface area contributed by atoms with E-state index in [1.165, 1.54) is 5.56 Å². The maximum absolute atomic E-state index is 12.5. The van der Waals surface area contributed by atoms with Crippen LogP contribution < -0.4 is 5.32 Å². The van der Waals surface area contributed by atoms with Crippen LogP contribution in [0.1, 0.15) is 51.5 Å². The van der Waals surface area contributed by atoms with Crippen LogP contribution in [0.2, 0.25) is 0 Å². The van der Waals surface area contributed by atoms with Crippen molar-refractivity contribution in [3.63, 3.8) is 0 Å². The molecule has 1 N–H and O–H groups in total. The average molecular weight is 425 g/mol. The molecular formula is C24H32N4O3. The lowest BCUT2D eigenvalue weighted by Gasteiger charge is -2.34. The molecule has 7 nitrogen and oxygen atoms in total. The van der Waals surface area contributed by atoms with Crippen LogP contribution in [0.3, 0.4) is 0 Å². The summed E-state index contributed by atoms with van der Waals surface area (Å²) in [7, 11) is 0. The first-order valence-electron chi connectivity index (χ1n) is 11.0. The number of nitrogens with zero attached hydrogens (tertiary/aromatic N) is 3. The Hall–Kier alpha value is -2.77. The zero-order valence-corrected chi connectivity index (χ0v) is 18.7. The summed E-state index contributed by atoms with van der Waals surface area (Å²) < 4.78 is 5.00. The number of likely N-dealkylation sites (N-methyl/N-ethyl adjacent to an activating group) is 1. The number of pyridine rings is 1. The summed E-state index contributed by atoms with van der Waals surface area (Å²) in [5, 5.41) is 2.89. The maximum Gasteiger partial charge on any atom is 0.339 e. The van der Waals surface area contributed by atoms with Gasteiger partial charge in [-0.15, -0.1) is 0 Å². The summed E-state index contributed by atoms with van der Waals surface area (Å²) in [6.07, 6.45) is 0. The van der Waals surface area contributed by atoms with Gasteiger partial charge in [0.05, 0.1) is 17.9 Å². The molecule has 31 heavy (non-hydrogen) atoms. The zero-order chi connectivity index (χ0) is 22.2. The Kier molecular flexibility index (Phi) is 8.14. The van der Waals surface area contributed by atoms with Crippen molar-refractivity contribution in [3.05, 3.63) is 64.5 Å². The topological polar surface area (TPSA) is 74.8 Å². The zero-order valence-electron chi connectivity index (χ0n) is 18.7. The van der Waals surface area contributed by atoms with Crippen LogP contribution in [0.4, 0.5) is 0 Å². The normalized spacial score (nSPS) is 14.9. The van der Waals surface area contributed by atoms with Crippen molar-refractivity contribution in [2.24, 2.45) is 0 Å². The standard InChI is InChI=1S/C24H32N4O3/c1-4-27-12-14-28(15-13-27)17-20-8-6-19(7-9-20)16-25-23(29)22-11-10-21(18(3)26-22)24(30)31-5-2/h6-11H,4-5,12-17H2,1-3H3,(H,25,29). The molecule has 0 radical (unpaired) electrons. The molecule has 1 aliphatic heterocycles. The number of aryl methyl sites for hydroxylation is 1. The minimum Gasteiger partial charge on any atom is -0.462 e. The van der Waals surface area contributed by atoms with E-state index in [2.05, 4.69) is 51.3 Å². The van der Waals surface area contributed by atoms with E-state index < -0.39 is 5.97 Å². The predicted octanol–water partition coefficient (Wildman–Crippen LogP) is 2.63. The van der Waals surface area contributed by atoms with Crippen molar-refractivity contribution in [2.75, 3.05) is 39.3 Å². The van der Waals surface area contributed by atoms with Crippen LogP contribution in [-0.2, 0) is 17.8 Å². The molecule has 1 amide bonds. The molecule has 1 aromatic carbocycles. The lowest BCUT2D eigenvalue weighted by Crippen LogP contribution is -2.45. The largest absolute Gasteiger partial charge is 0.462 e. The Balaban J connectivity index is 1.50. The summed E-state index contributed by atoms with van der Waals surface area (Å²) in [5.41, 5.74) is 3.47. The third-order valence-electron chi connectivity index (χ3n) is 5.61. The molecule has 0 bridgehead atoms. The summed E-state index contributed by atoms with van der Waals surface area (Å²) in [6, 6.07) is 11.5. The summed E-state index contributed by atoms with van der Waals surface area (Å²) in [5.74, 6) is -0.692. The fourth-order valence-electron chi connectivity index (χ4n) is 3.67. The second-order valence-corrected chi connectivity index (χ2v) is 7.76. The first-order valence-corrected chi connectivity index (χ1v) is 11.0. The second-order valence-electron chi connectivity index (χ2n) is 7.76. The van der Waals surface area contributed by atoms with Gasteiger partial charge >= 0.3 is 5.97 Å². The van der Waals surface area contributed by atoms with Crippen molar-refractivity contribution in [1.82, 2.24) is 20.1 Å². The lowest BCUT2D eigenvalue weighted by molar-refractivity contribution is 0.0524. The van der Waals surface area contributed by atoms with Crippen LogP contribution in [0.15, 0.2) is 36.4 Å². The van der Waals surface area contributed by atoms with Gasteiger partial charge in [0.25, 0.3) is 5.91 Å². The molecule has 1 aromatic heterocycles. The van der Waals surface area contributed by atoms with E-state index in [1.807, 2.05) is 0 Å². The summed E-state index contributed by atoms with van der Waals surface area (Å²) >= 11 is 0. The number of piperazine rings is 1. The van der Waals surface area contributed by atoms with Gasteiger partial charge in [-0.05, 0) is 43.7 Å². The first-order chi connectivity index (χ1) is 15.0. The Bertz CT molecular complexity index is 890. The quantitative estimate of drug-likeness (QED) is 0.657. The SMILES string of the molecule is CCOC(=O)c1ccc(C(=O)NCc2ccc(CN3CCN(CC)CC3)cc2)nc1C. The van der Waals surface area contributed by atoms with E-state index in [4.69, 9.17) is 4.74 Å². The third kappa shape index (κ3) is 6.35. The van der Waals surface area contributed by atoms with Crippen molar-refractivity contribution in [1.29, 1.82) is 0 Å². The number of benzene rings is 1. The fraction of sp³-hybridized carbons (Fsp3) is 0.458. The molecule has 2 heterocycles. The Labute approximate surface area is 184 Å². The number of aromatic nitrogens is 1. The van der Waals surface area contributed by atoms with Gasteiger partial charge in [0.15, 0.2) is 0 Å². The number of esters is 1. The van der Waals surface area contributed by atoms with E-state index in [0.29, 0.717) is 24.4 Å². The smallest absolute Gasteiger partial charge is 0.339 e. The van der Waals surface area contributed by atoms with Crippen molar-refractivity contribution in [2.45, 2.75) is 33.9 Å². The third-order valence-corrected chi connectivity index (χ3v) is 5.61. The number of carbonyl (C=O) groups is 2. The van der Waals surface area contributed by atoms with E-state index in [1.54, 1.807) is 26.0 Å². The second kappa shape index (κ2) is 11.0. The van der Waals surface area contributed by atoms with Crippen LogP contribution >= 0.6 is 0 Å². The van der Waals surface area contributed by atoms with Crippen LogP contribution in [0, 0.1) is 6.92 Å². The Morgan fingerprint density at radius 3 is 2.23 bits per heavy atom. The molecule has 7 heteroatoms. The Morgan fingerprint density at radius 1 is 0.968 bits per heavy atom. The molecule has 0 unspecified atom stereocenters. The van der Waals surface area contributed by atoms with Crippen molar-refractivity contribution in [3.8, 4) is 0 Å². The van der Waals surface area contributed by atoms with Crippen LogP contribution in [-0.4, -0.2) is 66.0 Å². The predicted molar refractivity (Wildman–Crippen MR) is 120 cm³/mol. The number of hydrogen-bond donors (Lipinski definition) is 1. The summed E-state index contributed by atoms with van der Waals surface area (Å²) in [6.45, 7) is 12.9. The average Bonchev–Trinajstić information content (AvgIpc) is 2.79. The molecule has 0 spiro atoms. The van der Waals surface area contributed by atoms with Gasteiger partial charge in [0, 0.05) is 39.3 Å². The molecule has 3 rings (SSSR count). The highest BCUT2D eigenvalue weighted by atomic mass is 16.5. The van der Waals surface area contributed by atoms with E-state index >= 15 is 0 Å². The molecule has 0 saturated carbocycles. The summed E-state index contributed by atoms with van der Waals surface area (Å²) in [4.78, 5) is 33.5. The van der Waals surface area contributed by atoms with E-state index in [0.717, 1.165) is 44.8 Å².